The highest BCUT2D eigenvalue weighted by molar-refractivity contribution is 4.91. The molecule has 0 bridgehead atoms. The Labute approximate surface area is 113 Å². The van der Waals surface area contributed by atoms with Gasteiger partial charge in [-0.15, -0.1) is 0 Å². The molecule has 4 atom stereocenters. The van der Waals surface area contributed by atoms with E-state index >= 15 is 0 Å². The van der Waals surface area contributed by atoms with Gasteiger partial charge in [0.1, 0.15) is 0 Å². The van der Waals surface area contributed by atoms with Crippen molar-refractivity contribution in [2.75, 3.05) is 19.6 Å². The second kappa shape index (κ2) is 5.92. The Bertz CT molecular complexity index is 266. The third-order valence-corrected chi connectivity index (χ3v) is 5.74. The van der Waals surface area contributed by atoms with Gasteiger partial charge in [-0.05, 0) is 57.0 Å². The van der Waals surface area contributed by atoms with Crippen molar-refractivity contribution in [1.82, 2.24) is 10.2 Å². The minimum atomic E-state index is 0.809. The second-order valence-corrected chi connectivity index (χ2v) is 6.81. The fourth-order valence-corrected chi connectivity index (χ4v) is 4.72. The number of nitrogens with zero attached hydrogens (tertiary/aromatic N) is 1. The summed E-state index contributed by atoms with van der Waals surface area (Å²) in [5.41, 5.74) is 0. The van der Waals surface area contributed by atoms with Crippen LogP contribution in [0.5, 0.6) is 0 Å². The molecule has 0 amide bonds. The highest BCUT2D eigenvalue weighted by Crippen LogP contribution is 2.38. The number of nitrogens with one attached hydrogen (secondary N) is 1. The van der Waals surface area contributed by atoms with Crippen LogP contribution >= 0.6 is 0 Å². The smallest absolute Gasteiger partial charge is 0.0111 e. The first-order valence-electron chi connectivity index (χ1n) is 8.34. The van der Waals surface area contributed by atoms with Gasteiger partial charge in [0.25, 0.3) is 0 Å². The van der Waals surface area contributed by atoms with E-state index in [9.17, 15) is 0 Å². The van der Waals surface area contributed by atoms with Gasteiger partial charge in [0, 0.05) is 18.6 Å². The summed E-state index contributed by atoms with van der Waals surface area (Å²) in [6.07, 6.45) is 11.8. The highest BCUT2D eigenvalue weighted by Gasteiger charge is 2.36. The first kappa shape index (κ1) is 12.9. The van der Waals surface area contributed by atoms with E-state index < -0.39 is 0 Å². The number of rotatable bonds is 3. The summed E-state index contributed by atoms with van der Waals surface area (Å²) in [4.78, 5) is 2.85. The van der Waals surface area contributed by atoms with Crippen LogP contribution in [-0.4, -0.2) is 36.6 Å². The van der Waals surface area contributed by atoms with Gasteiger partial charge in [-0.1, -0.05) is 26.2 Å². The van der Waals surface area contributed by atoms with Crippen molar-refractivity contribution < 1.29 is 0 Å². The largest absolute Gasteiger partial charge is 0.314 e. The predicted molar refractivity (Wildman–Crippen MR) is 76.7 cm³/mol. The number of hydrogen-bond acceptors (Lipinski definition) is 2. The lowest BCUT2D eigenvalue weighted by Crippen LogP contribution is -2.46. The molecule has 0 aromatic carbocycles. The van der Waals surface area contributed by atoms with Crippen LogP contribution in [0.15, 0.2) is 0 Å². The standard InChI is InChI=1S/C16H30N2/c1-2-17-15-7-8-16(11-15)18-10-9-13-5-3-4-6-14(13)12-18/h13-17H,2-12H2,1H3. The molecule has 0 aromatic heterocycles. The molecule has 104 valence electrons. The summed E-state index contributed by atoms with van der Waals surface area (Å²) in [5.74, 6) is 2.13. The highest BCUT2D eigenvalue weighted by atomic mass is 15.2. The van der Waals surface area contributed by atoms with E-state index in [1.165, 1.54) is 64.5 Å². The Kier molecular flexibility index (Phi) is 4.25. The molecular formula is C16H30N2. The molecule has 0 radical (unpaired) electrons. The third kappa shape index (κ3) is 2.75. The predicted octanol–water partition coefficient (Wildman–Crippen LogP) is 3.03. The maximum Gasteiger partial charge on any atom is 0.0111 e. The van der Waals surface area contributed by atoms with Crippen LogP contribution < -0.4 is 5.32 Å². The van der Waals surface area contributed by atoms with E-state index in [0.29, 0.717) is 0 Å². The Hall–Kier alpha value is -0.0800. The fourth-order valence-electron chi connectivity index (χ4n) is 4.72. The van der Waals surface area contributed by atoms with E-state index in [0.717, 1.165) is 30.5 Å². The van der Waals surface area contributed by atoms with Crippen LogP contribution in [-0.2, 0) is 0 Å². The zero-order valence-corrected chi connectivity index (χ0v) is 12.0. The van der Waals surface area contributed by atoms with Crippen molar-refractivity contribution in [3.8, 4) is 0 Å². The Morgan fingerprint density at radius 2 is 1.83 bits per heavy atom. The first-order chi connectivity index (χ1) is 8.86. The number of likely N-dealkylation sites (tertiary alicyclic amines) is 1. The monoisotopic (exact) mass is 250 g/mol. The lowest BCUT2D eigenvalue weighted by molar-refractivity contribution is 0.0578. The van der Waals surface area contributed by atoms with Crippen LogP contribution in [0.1, 0.15) is 58.3 Å². The van der Waals surface area contributed by atoms with Gasteiger partial charge in [-0.3, -0.25) is 0 Å². The molecule has 1 saturated heterocycles. The summed E-state index contributed by atoms with van der Waals surface area (Å²) in [6.45, 7) is 6.20. The molecule has 1 N–H and O–H groups in total. The Morgan fingerprint density at radius 3 is 2.67 bits per heavy atom. The minimum Gasteiger partial charge on any atom is -0.314 e. The van der Waals surface area contributed by atoms with E-state index in [1.807, 2.05) is 0 Å². The van der Waals surface area contributed by atoms with Gasteiger partial charge in [-0.25, -0.2) is 0 Å². The zero-order chi connectivity index (χ0) is 12.4. The Morgan fingerprint density at radius 1 is 1.00 bits per heavy atom. The van der Waals surface area contributed by atoms with E-state index in [2.05, 4.69) is 17.1 Å². The van der Waals surface area contributed by atoms with Crippen molar-refractivity contribution in [3.63, 3.8) is 0 Å². The van der Waals surface area contributed by atoms with Gasteiger partial charge < -0.3 is 10.2 Å². The lowest BCUT2D eigenvalue weighted by Gasteiger charge is -2.43. The summed E-state index contributed by atoms with van der Waals surface area (Å²) >= 11 is 0. The van der Waals surface area contributed by atoms with Crippen LogP contribution in [0.2, 0.25) is 0 Å². The molecule has 18 heavy (non-hydrogen) atoms. The van der Waals surface area contributed by atoms with E-state index in [4.69, 9.17) is 0 Å². The van der Waals surface area contributed by atoms with Gasteiger partial charge in [0.2, 0.25) is 0 Å². The summed E-state index contributed by atoms with van der Waals surface area (Å²) in [7, 11) is 0. The van der Waals surface area contributed by atoms with Crippen LogP contribution in [0.4, 0.5) is 0 Å². The van der Waals surface area contributed by atoms with E-state index in [1.54, 1.807) is 0 Å². The number of fused-ring (bicyclic) bond motifs is 1. The lowest BCUT2D eigenvalue weighted by atomic mass is 9.75. The zero-order valence-electron chi connectivity index (χ0n) is 12.0. The molecule has 3 fully saturated rings. The number of piperidine rings is 1. The van der Waals surface area contributed by atoms with Crippen molar-refractivity contribution in [2.45, 2.75) is 70.4 Å². The molecule has 2 saturated carbocycles. The molecule has 3 rings (SSSR count). The van der Waals surface area contributed by atoms with Crippen molar-refractivity contribution in [3.05, 3.63) is 0 Å². The molecule has 1 aliphatic heterocycles. The second-order valence-electron chi connectivity index (χ2n) is 6.81. The van der Waals surface area contributed by atoms with Crippen LogP contribution in [0.25, 0.3) is 0 Å². The maximum absolute atomic E-state index is 3.64. The molecule has 0 aromatic rings. The molecule has 0 spiro atoms. The van der Waals surface area contributed by atoms with Crippen LogP contribution in [0.3, 0.4) is 0 Å². The average Bonchev–Trinajstić information content (AvgIpc) is 2.87. The molecule has 4 unspecified atom stereocenters. The molecule has 2 nitrogen and oxygen atoms in total. The molecule has 3 aliphatic rings. The van der Waals surface area contributed by atoms with Crippen LogP contribution in [0, 0.1) is 11.8 Å². The number of hydrogen-bond donors (Lipinski definition) is 1. The summed E-state index contributed by atoms with van der Waals surface area (Å²) in [5, 5.41) is 3.64. The fraction of sp³-hybridized carbons (Fsp3) is 1.00. The normalized spacial score (nSPS) is 41.8. The molecule has 2 heteroatoms. The molecule has 2 aliphatic carbocycles. The van der Waals surface area contributed by atoms with Gasteiger partial charge in [-0.2, -0.15) is 0 Å². The van der Waals surface area contributed by atoms with Crippen molar-refractivity contribution in [2.24, 2.45) is 11.8 Å². The van der Waals surface area contributed by atoms with Gasteiger partial charge in [0.05, 0.1) is 0 Å². The van der Waals surface area contributed by atoms with E-state index in [-0.39, 0.29) is 0 Å². The summed E-state index contributed by atoms with van der Waals surface area (Å²) < 4.78 is 0. The quantitative estimate of drug-likeness (QED) is 0.828. The molecule has 1 heterocycles. The van der Waals surface area contributed by atoms with Gasteiger partial charge >= 0.3 is 0 Å². The van der Waals surface area contributed by atoms with Crippen molar-refractivity contribution >= 4 is 0 Å². The summed E-state index contributed by atoms with van der Waals surface area (Å²) in [6, 6.07) is 1.71. The average molecular weight is 250 g/mol. The minimum absolute atomic E-state index is 0.809. The first-order valence-corrected chi connectivity index (χ1v) is 8.34. The SMILES string of the molecule is CCNC1CCC(N2CCC3CCCCC3C2)C1. The molecular weight excluding hydrogens is 220 g/mol. The third-order valence-electron chi connectivity index (χ3n) is 5.74. The van der Waals surface area contributed by atoms with Gasteiger partial charge in [0.15, 0.2) is 0 Å². The maximum atomic E-state index is 3.64. The Balaban J connectivity index is 1.51. The topological polar surface area (TPSA) is 15.3 Å². The van der Waals surface area contributed by atoms with Crippen molar-refractivity contribution in [1.29, 1.82) is 0 Å².